The molecule has 0 radical (unpaired) electrons. The SMILES string of the molecule is CC1COC(C)(CCC(=O)OCCCCOC(O)CCC2(C)OCC(C)O2)O1. The van der Waals surface area contributed by atoms with Gasteiger partial charge in [0.2, 0.25) is 0 Å². The van der Waals surface area contributed by atoms with Crippen molar-refractivity contribution in [2.75, 3.05) is 26.4 Å². The molecule has 5 atom stereocenters. The minimum atomic E-state index is -0.850. The Bertz CT molecular complexity index is 487. The molecule has 0 saturated carbocycles. The summed E-state index contributed by atoms with van der Waals surface area (Å²) in [6, 6.07) is 0. The van der Waals surface area contributed by atoms with Crippen LogP contribution in [-0.4, -0.2) is 67.6 Å². The minimum absolute atomic E-state index is 0.0565. The highest BCUT2D eigenvalue weighted by molar-refractivity contribution is 5.69. The van der Waals surface area contributed by atoms with Crippen LogP contribution in [0.15, 0.2) is 0 Å². The number of aliphatic hydroxyl groups is 1. The second-order valence-corrected chi connectivity index (χ2v) is 8.04. The zero-order valence-electron chi connectivity index (χ0n) is 17.6. The first-order chi connectivity index (χ1) is 13.2. The van der Waals surface area contributed by atoms with Gasteiger partial charge >= 0.3 is 5.97 Å². The van der Waals surface area contributed by atoms with Crippen molar-refractivity contribution in [3.63, 3.8) is 0 Å². The summed E-state index contributed by atoms with van der Waals surface area (Å²) in [4.78, 5) is 11.8. The van der Waals surface area contributed by atoms with E-state index in [1.165, 1.54) is 0 Å². The van der Waals surface area contributed by atoms with Gasteiger partial charge in [0.05, 0.1) is 38.4 Å². The first-order valence-corrected chi connectivity index (χ1v) is 10.3. The lowest BCUT2D eigenvalue weighted by Crippen LogP contribution is -2.28. The van der Waals surface area contributed by atoms with E-state index in [0.717, 1.165) is 0 Å². The second-order valence-electron chi connectivity index (χ2n) is 8.04. The summed E-state index contributed by atoms with van der Waals surface area (Å²) >= 11 is 0. The van der Waals surface area contributed by atoms with Crippen LogP contribution in [-0.2, 0) is 33.2 Å². The van der Waals surface area contributed by atoms with Gasteiger partial charge < -0.3 is 33.5 Å². The molecular weight excluding hydrogens is 368 g/mol. The molecule has 8 nitrogen and oxygen atoms in total. The lowest BCUT2D eigenvalue weighted by molar-refractivity contribution is -0.176. The largest absolute Gasteiger partial charge is 0.466 e. The van der Waals surface area contributed by atoms with Crippen molar-refractivity contribution in [1.29, 1.82) is 0 Å². The fourth-order valence-electron chi connectivity index (χ4n) is 3.32. The maximum Gasteiger partial charge on any atom is 0.305 e. The van der Waals surface area contributed by atoms with Crippen LogP contribution >= 0.6 is 0 Å². The first-order valence-electron chi connectivity index (χ1n) is 10.3. The van der Waals surface area contributed by atoms with E-state index in [0.29, 0.717) is 58.5 Å². The minimum Gasteiger partial charge on any atom is -0.466 e. The molecule has 164 valence electrons. The van der Waals surface area contributed by atoms with Crippen LogP contribution in [0.3, 0.4) is 0 Å². The maximum absolute atomic E-state index is 11.8. The summed E-state index contributed by atoms with van der Waals surface area (Å²) in [6.45, 7) is 9.50. The predicted octanol–water partition coefficient (Wildman–Crippen LogP) is 2.51. The van der Waals surface area contributed by atoms with Crippen molar-refractivity contribution in [2.24, 2.45) is 0 Å². The molecule has 2 rings (SSSR count). The standard InChI is InChI=1S/C20H36O8/c1-15-13-25-19(3,27-15)9-7-17(21)23-11-5-6-12-24-18(22)8-10-20(4)26-14-16(2)28-20/h15-17,21H,5-14H2,1-4H3. The van der Waals surface area contributed by atoms with E-state index in [4.69, 9.17) is 28.4 Å². The number of unbranched alkanes of at least 4 members (excludes halogenated alkanes) is 1. The first kappa shape index (κ1) is 23.5. The lowest BCUT2D eigenvalue weighted by atomic mass is 10.1. The highest BCUT2D eigenvalue weighted by atomic mass is 16.7. The molecule has 0 bridgehead atoms. The molecule has 0 aromatic carbocycles. The van der Waals surface area contributed by atoms with E-state index in [-0.39, 0.29) is 24.6 Å². The van der Waals surface area contributed by atoms with Gasteiger partial charge in [0, 0.05) is 25.9 Å². The van der Waals surface area contributed by atoms with Gasteiger partial charge in [-0.15, -0.1) is 0 Å². The van der Waals surface area contributed by atoms with Crippen LogP contribution in [0.1, 0.15) is 66.2 Å². The van der Waals surface area contributed by atoms with Crippen LogP contribution in [0.5, 0.6) is 0 Å². The second kappa shape index (κ2) is 10.8. The third kappa shape index (κ3) is 8.31. The molecule has 0 aromatic rings. The van der Waals surface area contributed by atoms with Crippen molar-refractivity contribution < 1.29 is 38.3 Å². The van der Waals surface area contributed by atoms with Gasteiger partial charge in [0.15, 0.2) is 17.9 Å². The molecule has 0 spiro atoms. The molecule has 2 fully saturated rings. The summed E-state index contributed by atoms with van der Waals surface area (Å²) in [5.74, 6) is -1.58. The fourth-order valence-corrected chi connectivity index (χ4v) is 3.32. The summed E-state index contributed by atoms with van der Waals surface area (Å²) in [6.07, 6.45) is 2.43. The summed E-state index contributed by atoms with van der Waals surface area (Å²) in [5, 5.41) is 9.91. The molecule has 28 heavy (non-hydrogen) atoms. The lowest BCUT2D eigenvalue weighted by Gasteiger charge is -2.24. The Labute approximate surface area is 167 Å². The number of carbonyl (C=O) groups excluding carboxylic acids is 1. The molecule has 2 aliphatic heterocycles. The van der Waals surface area contributed by atoms with Gasteiger partial charge in [0.25, 0.3) is 0 Å². The number of ether oxygens (including phenoxy) is 6. The molecule has 1 N–H and O–H groups in total. The molecule has 8 heteroatoms. The Morgan fingerprint density at radius 1 is 1.04 bits per heavy atom. The predicted molar refractivity (Wildman–Crippen MR) is 100 cm³/mol. The van der Waals surface area contributed by atoms with E-state index in [1.54, 1.807) is 0 Å². The number of esters is 1. The fraction of sp³-hybridized carbons (Fsp3) is 0.950. The third-order valence-electron chi connectivity index (χ3n) is 4.89. The summed E-state index contributed by atoms with van der Waals surface area (Å²) in [7, 11) is 0. The highest BCUT2D eigenvalue weighted by Gasteiger charge is 2.36. The molecule has 0 aliphatic carbocycles. The maximum atomic E-state index is 11.8. The normalized spacial score (nSPS) is 33.9. The van der Waals surface area contributed by atoms with Crippen LogP contribution in [0.2, 0.25) is 0 Å². The van der Waals surface area contributed by atoms with Crippen molar-refractivity contribution >= 4 is 5.97 Å². The zero-order chi connectivity index (χ0) is 20.6. The van der Waals surface area contributed by atoms with Gasteiger partial charge in [-0.1, -0.05) is 0 Å². The molecule has 2 aliphatic rings. The topological polar surface area (TPSA) is 92.7 Å². The van der Waals surface area contributed by atoms with E-state index in [2.05, 4.69) is 0 Å². The van der Waals surface area contributed by atoms with Crippen LogP contribution < -0.4 is 0 Å². The average Bonchev–Trinajstić information content (AvgIpc) is 3.16. The smallest absolute Gasteiger partial charge is 0.305 e. The molecule has 5 unspecified atom stereocenters. The van der Waals surface area contributed by atoms with Gasteiger partial charge in [-0.2, -0.15) is 0 Å². The van der Waals surface area contributed by atoms with Crippen molar-refractivity contribution in [1.82, 2.24) is 0 Å². The molecule has 2 heterocycles. The number of rotatable bonds is 12. The number of aliphatic hydroxyl groups excluding tert-OH is 1. The van der Waals surface area contributed by atoms with Crippen LogP contribution in [0.4, 0.5) is 0 Å². The Balaban J connectivity index is 1.44. The van der Waals surface area contributed by atoms with Gasteiger partial charge in [-0.05, 0) is 40.5 Å². The van der Waals surface area contributed by atoms with Gasteiger partial charge in [-0.3, -0.25) is 4.79 Å². The van der Waals surface area contributed by atoms with E-state index >= 15 is 0 Å². The van der Waals surface area contributed by atoms with Crippen LogP contribution in [0.25, 0.3) is 0 Å². The molecule has 0 aromatic heterocycles. The monoisotopic (exact) mass is 404 g/mol. The summed E-state index contributed by atoms with van der Waals surface area (Å²) in [5.41, 5.74) is 0. The van der Waals surface area contributed by atoms with E-state index in [1.807, 2.05) is 27.7 Å². The van der Waals surface area contributed by atoms with Crippen molar-refractivity contribution in [3.05, 3.63) is 0 Å². The zero-order valence-corrected chi connectivity index (χ0v) is 17.6. The third-order valence-corrected chi connectivity index (χ3v) is 4.89. The Hall–Kier alpha value is -0.770. The Morgan fingerprint density at radius 2 is 1.61 bits per heavy atom. The molecule has 2 saturated heterocycles. The van der Waals surface area contributed by atoms with Crippen molar-refractivity contribution in [3.8, 4) is 0 Å². The Kier molecular flexibility index (Phi) is 9.11. The molecular formula is C20H36O8. The number of hydrogen-bond donors (Lipinski definition) is 1. The van der Waals surface area contributed by atoms with E-state index in [9.17, 15) is 9.90 Å². The van der Waals surface area contributed by atoms with Gasteiger partial charge in [-0.25, -0.2) is 0 Å². The highest BCUT2D eigenvalue weighted by Crippen LogP contribution is 2.29. The molecule has 0 amide bonds. The Morgan fingerprint density at radius 3 is 2.18 bits per heavy atom. The number of carbonyl (C=O) groups is 1. The number of hydrogen-bond acceptors (Lipinski definition) is 8. The quantitative estimate of drug-likeness (QED) is 0.301. The van der Waals surface area contributed by atoms with Gasteiger partial charge in [0.1, 0.15) is 0 Å². The van der Waals surface area contributed by atoms with Crippen molar-refractivity contribution in [2.45, 2.75) is 96.3 Å². The van der Waals surface area contributed by atoms with E-state index < -0.39 is 17.9 Å². The average molecular weight is 405 g/mol. The summed E-state index contributed by atoms with van der Waals surface area (Å²) < 4.78 is 33.1. The van der Waals surface area contributed by atoms with Crippen LogP contribution in [0, 0.1) is 0 Å².